The monoisotopic (exact) mass is 395 g/mol. The number of anilines is 2. The van der Waals surface area contributed by atoms with Crippen LogP contribution in [0.15, 0.2) is 58.2 Å². The van der Waals surface area contributed by atoms with Crippen molar-refractivity contribution in [1.82, 2.24) is 4.90 Å². The Labute approximate surface area is 170 Å². The van der Waals surface area contributed by atoms with Gasteiger partial charge in [0.25, 0.3) is 5.91 Å². The molecular weight excluding hydrogens is 370 g/mol. The highest BCUT2D eigenvalue weighted by atomic mass is 32.2. The maximum atomic E-state index is 12.5. The lowest BCUT2D eigenvalue weighted by Gasteiger charge is -2.22. The van der Waals surface area contributed by atoms with Crippen LogP contribution in [-0.4, -0.2) is 49.8 Å². The summed E-state index contributed by atoms with van der Waals surface area (Å²) in [6, 6.07) is 16.4. The Morgan fingerprint density at radius 3 is 2.50 bits per heavy atom. The molecule has 0 saturated carbocycles. The molecule has 1 fully saturated rings. The van der Waals surface area contributed by atoms with Gasteiger partial charge in [0.05, 0.1) is 0 Å². The molecule has 0 spiro atoms. The van der Waals surface area contributed by atoms with Crippen LogP contribution in [-0.2, 0) is 0 Å². The number of carbonyl (C=O) groups is 1. The number of hydrogen-bond donors (Lipinski definition) is 1. The molecule has 2 aromatic rings. The van der Waals surface area contributed by atoms with Crippen LogP contribution in [0.25, 0.3) is 0 Å². The first-order valence-electron chi connectivity index (χ1n) is 9.55. The van der Waals surface area contributed by atoms with E-state index < -0.39 is 0 Å². The fourth-order valence-corrected chi connectivity index (χ4v) is 4.25. The van der Waals surface area contributed by atoms with E-state index in [2.05, 4.69) is 51.0 Å². The molecular formula is C21H25N5OS. The lowest BCUT2D eigenvalue weighted by molar-refractivity contribution is 0.102. The summed E-state index contributed by atoms with van der Waals surface area (Å²) in [6.07, 6.45) is 1.18. The van der Waals surface area contributed by atoms with E-state index in [4.69, 9.17) is 0 Å². The highest BCUT2D eigenvalue weighted by molar-refractivity contribution is 7.98. The van der Waals surface area contributed by atoms with Crippen molar-refractivity contribution in [3.63, 3.8) is 0 Å². The minimum absolute atomic E-state index is 0.101. The molecule has 1 amide bonds. The van der Waals surface area contributed by atoms with Crippen molar-refractivity contribution in [3.8, 4) is 0 Å². The average molecular weight is 396 g/mol. The van der Waals surface area contributed by atoms with E-state index in [1.54, 1.807) is 0 Å². The van der Waals surface area contributed by atoms with Crippen LogP contribution >= 0.6 is 11.9 Å². The summed E-state index contributed by atoms with van der Waals surface area (Å²) in [5.74, 6) is 0.764. The largest absolute Gasteiger partial charge is 0.370 e. The van der Waals surface area contributed by atoms with Crippen molar-refractivity contribution < 1.29 is 4.79 Å². The topological polar surface area (TPSA) is 60.3 Å². The second-order valence-corrected chi connectivity index (χ2v) is 8.24. The number of amides is 1. The summed E-state index contributed by atoms with van der Waals surface area (Å²) in [5, 5.41) is 7.16. The fourth-order valence-electron chi connectivity index (χ4n) is 3.60. The lowest BCUT2D eigenvalue weighted by atomic mass is 10.1. The highest BCUT2D eigenvalue weighted by Crippen LogP contribution is 2.30. The maximum Gasteiger partial charge on any atom is 0.255 e. The first kappa shape index (κ1) is 19.0. The molecule has 2 heterocycles. The molecule has 6 nitrogen and oxygen atoms in total. The SMILES string of the molecule is CN(C)C1CCN(c2ccc(NC(=O)c3ccc(C4CSN=N4)cc3)cc2)C1. The van der Waals surface area contributed by atoms with Crippen molar-refractivity contribution in [1.29, 1.82) is 0 Å². The summed E-state index contributed by atoms with van der Waals surface area (Å²) in [5.41, 5.74) is 3.75. The van der Waals surface area contributed by atoms with Crippen LogP contribution in [0, 0.1) is 0 Å². The molecule has 1 saturated heterocycles. The van der Waals surface area contributed by atoms with E-state index in [1.165, 1.54) is 24.1 Å². The van der Waals surface area contributed by atoms with E-state index in [0.717, 1.165) is 30.1 Å². The molecule has 1 N–H and O–H groups in total. The molecule has 0 radical (unpaired) electrons. The number of nitrogens with one attached hydrogen (secondary N) is 1. The first-order valence-corrected chi connectivity index (χ1v) is 10.5. The summed E-state index contributed by atoms with van der Waals surface area (Å²) >= 11 is 1.47. The molecule has 0 aromatic heterocycles. The Morgan fingerprint density at radius 2 is 1.89 bits per heavy atom. The number of benzene rings is 2. The quantitative estimate of drug-likeness (QED) is 0.770. The normalized spacial score (nSPS) is 21.5. The van der Waals surface area contributed by atoms with Crippen LogP contribution in [0.3, 0.4) is 0 Å². The third kappa shape index (κ3) is 4.20. The summed E-state index contributed by atoms with van der Waals surface area (Å²) < 4.78 is 3.96. The van der Waals surface area contributed by atoms with E-state index in [1.807, 2.05) is 36.4 Å². The van der Waals surface area contributed by atoms with E-state index in [-0.39, 0.29) is 11.9 Å². The van der Waals surface area contributed by atoms with Crippen molar-refractivity contribution in [2.75, 3.05) is 43.2 Å². The van der Waals surface area contributed by atoms with Gasteiger partial charge >= 0.3 is 0 Å². The van der Waals surface area contributed by atoms with Gasteiger partial charge in [0.2, 0.25) is 0 Å². The van der Waals surface area contributed by atoms with Gasteiger partial charge in [-0.05, 0) is 74.4 Å². The minimum Gasteiger partial charge on any atom is -0.370 e. The zero-order valence-corrected chi connectivity index (χ0v) is 17.0. The van der Waals surface area contributed by atoms with Crippen molar-refractivity contribution in [2.45, 2.75) is 18.5 Å². The number of carbonyl (C=O) groups excluding carboxylic acids is 1. The Balaban J connectivity index is 1.36. The number of rotatable bonds is 5. The van der Waals surface area contributed by atoms with Gasteiger partial charge in [-0.15, -0.1) is 4.52 Å². The van der Waals surface area contributed by atoms with Crippen LogP contribution in [0.5, 0.6) is 0 Å². The maximum absolute atomic E-state index is 12.5. The standard InChI is InChI=1S/C21H25N5OS/c1-25(2)19-11-12-26(13-19)18-9-7-17(8-10-18)22-21(27)16-5-3-15(4-6-16)20-14-28-24-23-20/h3-10,19-20H,11-14H2,1-2H3,(H,22,27). The number of nitrogens with zero attached hydrogens (tertiary/aromatic N) is 4. The van der Waals surface area contributed by atoms with Gasteiger partial charge in [-0.1, -0.05) is 12.1 Å². The molecule has 7 heteroatoms. The van der Waals surface area contributed by atoms with Gasteiger partial charge in [0, 0.05) is 41.8 Å². The molecule has 2 aromatic carbocycles. The molecule has 4 rings (SSSR count). The zero-order chi connectivity index (χ0) is 19.5. The predicted molar refractivity (Wildman–Crippen MR) is 115 cm³/mol. The predicted octanol–water partition coefficient (Wildman–Crippen LogP) is 4.23. The molecule has 146 valence electrons. The molecule has 2 atom stereocenters. The average Bonchev–Trinajstić information content (AvgIpc) is 3.41. The zero-order valence-electron chi connectivity index (χ0n) is 16.2. The second kappa shape index (κ2) is 8.32. The van der Waals surface area contributed by atoms with Crippen molar-refractivity contribution in [2.24, 2.45) is 9.63 Å². The third-order valence-corrected chi connectivity index (χ3v) is 6.09. The van der Waals surface area contributed by atoms with E-state index in [0.29, 0.717) is 11.6 Å². The van der Waals surface area contributed by atoms with Gasteiger partial charge < -0.3 is 15.1 Å². The molecule has 0 bridgehead atoms. The Hall–Kier alpha value is -2.38. The Morgan fingerprint density at radius 1 is 1.14 bits per heavy atom. The van der Waals surface area contributed by atoms with Gasteiger partial charge in [0.15, 0.2) is 0 Å². The number of likely N-dealkylation sites (N-methyl/N-ethyl adjacent to an activating group) is 1. The smallest absolute Gasteiger partial charge is 0.255 e. The van der Waals surface area contributed by atoms with Crippen LogP contribution in [0.4, 0.5) is 11.4 Å². The van der Waals surface area contributed by atoms with Gasteiger partial charge in [-0.2, -0.15) is 5.11 Å². The van der Waals surface area contributed by atoms with Crippen molar-refractivity contribution >= 4 is 29.2 Å². The van der Waals surface area contributed by atoms with E-state index in [9.17, 15) is 4.79 Å². The minimum atomic E-state index is -0.101. The van der Waals surface area contributed by atoms with Gasteiger partial charge in [-0.25, -0.2) is 0 Å². The second-order valence-electron chi connectivity index (χ2n) is 7.48. The summed E-state index contributed by atoms with van der Waals surface area (Å²) in [6.45, 7) is 2.12. The highest BCUT2D eigenvalue weighted by Gasteiger charge is 2.24. The summed E-state index contributed by atoms with van der Waals surface area (Å²) in [4.78, 5) is 17.2. The van der Waals surface area contributed by atoms with Gasteiger partial charge in [0.1, 0.15) is 6.04 Å². The molecule has 2 aliphatic rings. The fraction of sp³-hybridized carbons (Fsp3) is 0.381. The third-order valence-electron chi connectivity index (χ3n) is 5.42. The van der Waals surface area contributed by atoms with Crippen LogP contribution < -0.4 is 10.2 Å². The number of hydrogen-bond acceptors (Lipinski definition) is 6. The van der Waals surface area contributed by atoms with Crippen LogP contribution in [0.2, 0.25) is 0 Å². The molecule has 28 heavy (non-hydrogen) atoms. The first-order chi connectivity index (χ1) is 13.6. The molecule has 2 aliphatic heterocycles. The van der Waals surface area contributed by atoms with Crippen molar-refractivity contribution in [3.05, 3.63) is 59.7 Å². The van der Waals surface area contributed by atoms with Gasteiger partial charge in [-0.3, -0.25) is 4.79 Å². The summed E-state index contributed by atoms with van der Waals surface area (Å²) in [7, 11) is 4.27. The Kier molecular flexibility index (Phi) is 5.64. The van der Waals surface area contributed by atoms with E-state index >= 15 is 0 Å². The van der Waals surface area contributed by atoms with Crippen LogP contribution in [0.1, 0.15) is 28.4 Å². The molecule has 2 unspecified atom stereocenters. The molecule has 0 aliphatic carbocycles. The lowest BCUT2D eigenvalue weighted by Crippen LogP contribution is -2.31. The Bertz CT molecular complexity index is 850.